The highest BCUT2D eigenvalue weighted by Gasteiger charge is 2.48. The van der Waals surface area contributed by atoms with E-state index in [2.05, 4.69) is 10.4 Å². The summed E-state index contributed by atoms with van der Waals surface area (Å²) in [6.07, 6.45) is 4.08. The summed E-state index contributed by atoms with van der Waals surface area (Å²) in [7, 11) is 0. The number of carbonyl (C=O) groups excluding carboxylic acids is 1. The Morgan fingerprint density at radius 2 is 1.88 bits per heavy atom. The van der Waals surface area contributed by atoms with Gasteiger partial charge in [0.25, 0.3) is 0 Å². The highest BCUT2D eigenvalue weighted by Crippen LogP contribution is 2.39. The fourth-order valence-corrected chi connectivity index (χ4v) is 3.26. The van der Waals surface area contributed by atoms with Gasteiger partial charge in [0.2, 0.25) is 5.91 Å². The van der Waals surface area contributed by atoms with Crippen molar-refractivity contribution in [2.45, 2.75) is 38.6 Å². The number of anilines is 1. The average Bonchev–Trinajstić information content (AvgIpc) is 3.25. The quantitative estimate of drug-likeness (QED) is 0.827. The Labute approximate surface area is 140 Å². The molecule has 0 saturated heterocycles. The molecule has 1 amide bonds. The van der Waals surface area contributed by atoms with Gasteiger partial charge in [0.1, 0.15) is 5.41 Å². The first-order valence-corrected chi connectivity index (χ1v) is 8.18. The molecular formula is C18H21N3O3. The summed E-state index contributed by atoms with van der Waals surface area (Å²) in [6.45, 7) is 2.02. The molecule has 1 aliphatic rings. The Bertz CT molecular complexity index is 733. The van der Waals surface area contributed by atoms with Gasteiger partial charge in [0.05, 0.1) is 6.04 Å². The molecule has 6 heteroatoms. The van der Waals surface area contributed by atoms with Crippen LogP contribution in [-0.2, 0) is 9.59 Å². The Morgan fingerprint density at radius 3 is 2.50 bits per heavy atom. The molecule has 24 heavy (non-hydrogen) atoms. The highest BCUT2D eigenvalue weighted by atomic mass is 16.4. The van der Waals surface area contributed by atoms with Crippen LogP contribution in [0.2, 0.25) is 0 Å². The number of carboxylic acid groups (broad SMARTS) is 1. The maximum atomic E-state index is 12.5. The first-order valence-electron chi connectivity index (χ1n) is 8.18. The van der Waals surface area contributed by atoms with Crippen molar-refractivity contribution in [3.8, 4) is 0 Å². The van der Waals surface area contributed by atoms with Crippen LogP contribution in [0.5, 0.6) is 0 Å². The molecule has 0 bridgehead atoms. The van der Waals surface area contributed by atoms with E-state index in [0.717, 1.165) is 18.4 Å². The molecule has 1 unspecified atom stereocenters. The molecule has 6 nitrogen and oxygen atoms in total. The largest absolute Gasteiger partial charge is 0.480 e. The van der Waals surface area contributed by atoms with Crippen LogP contribution in [0.4, 0.5) is 5.82 Å². The van der Waals surface area contributed by atoms with E-state index in [9.17, 15) is 14.7 Å². The number of aliphatic carboxylic acids is 1. The number of benzene rings is 1. The molecule has 1 heterocycles. The third-order valence-corrected chi connectivity index (χ3v) is 4.83. The maximum Gasteiger partial charge on any atom is 0.319 e. The fourth-order valence-electron chi connectivity index (χ4n) is 3.26. The molecule has 2 aromatic rings. The van der Waals surface area contributed by atoms with Gasteiger partial charge in [-0.15, -0.1) is 0 Å². The minimum atomic E-state index is -1.31. The zero-order valence-electron chi connectivity index (χ0n) is 13.6. The van der Waals surface area contributed by atoms with E-state index >= 15 is 0 Å². The minimum absolute atomic E-state index is 0.0248. The van der Waals surface area contributed by atoms with E-state index in [0.29, 0.717) is 18.7 Å². The van der Waals surface area contributed by atoms with Gasteiger partial charge in [-0.1, -0.05) is 43.2 Å². The third-order valence-electron chi connectivity index (χ3n) is 4.83. The van der Waals surface area contributed by atoms with Crippen LogP contribution in [0, 0.1) is 5.41 Å². The predicted molar refractivity (Wildman–Crippen MR) is 89.6 cm³/mol. The van der Waals surface area contributed by atoms with Crippen molar-refractivity contribution in [2.24, 2.45) is 5.41 Å². The molecule has 3 rings (SSSR count). The van der Waals surface area contributed by atoms with Crippen LogP contribution in [-0.4, -0.2) is 26.8 Å². The van der Waals surface area contributed by atoms with Crippen LogP contribution in [0.15, 0.2) is 42.6 Å². The summed E-state index contributed by atoms with van der Waals surface area (Å²) in [4.78, 5) is 24.1. The zero-order chi connectivity index (χ0) is 17.2. The van der Waals surface area contributed by atoms with E-state index in [1.54, 1.807) is 16.9 Å². The van der Waals surface area contributed by atoms with Crippen LogP contribution in [0.3, 0.4) is 0 Å². The lowest BCUT2D eigenvalue weighted by Gasteiger charge is -2.21. The van der Waals surface area contributed by atoms with Gasteiger partial charge in [-0.3, -0.25) is 14.3 Å². The molecule has 1 saturated carbocycles. The smallest absolute Gasteiger partial charge is 0.319 e. The first-order chi connectivity index (χ1) is 11.5. The normalized spacial score (nSPS) is 17.4. The van der Waals surface area contributed by atoms with Gasteiger partial charge in [0.15, 0.2) is 5.82 Å². The summed E-state index contributed by atoms with van der Waals surface area (Å²) < 4.78 is 1.76. The van der Waals surface area contributed by atoms with Crippen molar-refractivity contribution in [3.05, 3.63) is 48.2 Å². The molecule has 1 atom stereocenters. The lowest BCUT2D eigenvalue weighted by Crippen LogP contribution is -2.41. The van der Waals surface area contributed by atoms with E-state index in [1.165, 1.54) is 0 Å². The second kappa shape index (κ2) is 6.47. The van der Waals surface area contributed by atoms with Gasteiger partial charge < -0.3 is 10.4 Å². The van der Waals surface area contributed by atoms with Crippen molar-refractivity contribution < 1.29 is 14.7 Å². The van der Waals surface area contributed by atoms with Gasteiger partial charge in [-0.25, -0.2) is 0 Å². The Kier molecular flexibility index (Phi) is 4.38. The lowest BCUT2D eigenvalue weighted by atomic mass is 9.85. The van der Waals surface area contributed by atoms with Gasteiger partial charge in [-0.2, -0.15) is 5.10 Å². The topological polar surface area (TPSA) is 84.2 Å². The summed E-state index contributed by atoms with van der Waals surface area (Å²) in [6, 6.07) is 11.6. The number of carboxylic acids is 1. The number of nitrogens with zero attached hydrogens (tertiary/aromatic N) is 2. The van der Waals surface area contributed by atoms with Crippen molar-refractivity contribution in [1.29, 1.82) is 0 Å². The van der Waals surface area contributed by atoms with Crippen molar-refractivity contribution in [3.63, 3.8) is 0 Å². The summed E-state index contributed by atoms with van der Waals surface area (Å²) in [5.74, 6) is -1.13. The summed E-state index contributed by atoms with van der Waals surface area (Å²) in [5.41, 5.74) is -0.203. The lowest BCUT2D eigenvalue weighted by molar-refractivity contribution is -0.153. The van der Waals surface area contributed by atoms with E-state index in [4.69, 9.17) is 0 Å². The molecule has 126 valence electrons. The van der Waals surface area contributed by atoms with E-state index in [-0.39, 0.29) is 6.04 Å². The molecular weight excluding hydrogens is 306 g/mol. The molecule has 1 aromatic heterocycles. The number of hydrogen-bond acceptors (Lipinski definition) is 3. The molecule has 0 spiro atoms. The van der Waals surface area contributed by atoms with Crippen molar-refractivity contribution >= 4 is 17.7 Å². The SMILES string of the molecule is CC(c1ccccc1)n1ccc(NC(=O)C2(C(=O)O)CCCC2)n1. The minimum Gasteiger partial charge on any atom is -0.480 e. The summed E-state index contributed by atoms with van der Waals surface area (Å²) in [5, 5.41) is 16.5. The molecule has 1 fully saturated rings. The van der Waals surface area contributed by atoms with Crippen LogP contribution >= 0.6 is 0 Å². The van der Waals surface area contributed by atoms with Gasteiger partial charge in [-0.05, 0) is 25.3 Å². The van der Waals surface area contributed by atoms with Crippen LogP contribution < -0.4 is 5.32 Å². The molecule has 1 aromatic carbocycles. The molecule has 0 aliphatic heterocycles. The second-order valence-corrected chi connectivity index (χ2v) is 6.32. The predicted octanol–water partition coefficient (Wildman–Crippen LogP) is 3.08. The van der Waals surface area contributed by atoms with E-state index in [1.807, 2.05) is 37.3 Å². The molecule has 2 N–H and O–H groups in total. The first kappa shape index (κ1) is 16.2. The number of rotatable bonds is 5. The summed E-state index contributed by atoms with van der Waals surface area (Å²) >= 11 is 0. The number of nitrogens with one attached hydrogen (secondary N) is 1. The fraction of sp³-hybridized carbons (Fsp3) is 0.389. The Balaban J connectivity index is 1.74. The third kappa shape index (κ3) is 2.91. The number of amides is 1. The van der Waals surface area contributed by atoms with Crippen molar-refractivity contribution in [1.82, 2.24) is 9.78 Å². The Hall–Kier alpha value is -2.63. The Morgan fingerprint density at radius 1 is 1.21 bits per heavy atom. The standard InChI is InChI=1S/C18H21N3O3/c1-13(14-7-3-2-4-8-14)21-12-9-15(20-21)19-16(22)18(17(23)24)10-5-6-11-18/h2-4,7-9,12-13H,5-6,10-11H2,1H3,(H,23,24)(H,19,20,22). The van der Waals surface area contributed by atoms with Gasteiger partial charge in [0, 0.05) is 12.3 Å². The maximum absolute atomic E-state index is 12.5. The van der Waals surface area contributed by atoms with Crippen molar-refractivity contribution in [2.75, 3.05) is 5.32 Å². The zero-order valence-corrected chi connectivity index (χ0v) is 13.6. The number of carbonyl (C=O) groups is 2. The second-order valence-electron chi connectivity index (χ2n) is 6.32. The van der Waals surface area contributed by atoms with Gasteiger partial charge >= 0.3 is 5.97 Å². The van der Waals surface area contributed by atoms with Crippen LogP contribution in [0.1, 0.15) is 44.2 Å². The van der Waals surface area contributed by atoms with Crippen LogP contribution in [0.25, 0.3) is 0 Å². The molecule has 1 aliphatic carbocycles. The number of hydrogen-bond donors (Lipinski definition) is 2. The molecule has 0 radical (unpaired) electrons. The highest BCUT2D eigenvalue weighted by molar-refractivity contribution is 6.08. The monoisotopic (exact) mass is 327 g/mol. The number of aromatic nitrogens is 2. The average molecular weight is 327 g/mol. The van der Waals surface area contributed by atoms with E-state index < -0.39 is 17.3 Å².